The molecule has 0 atom stereocenters. The van der Waals surface area contributed by atoms with E-state index in [-0.39, 0.29) is 5.82 Å². The van der Waals surface area contributed by atoms with Crippen LogP contribution in [0.3, 0.4) is 0 Å². The van der Waals surface area contributed by atoms with Crippen LogP contribution >= 0.6 is 12.2 Å². The zero-order valence-electron chi connectivity index (χ0n) is 9.91. The van der Waals surface area contributed by atoms with E-state index in [2.05, 4.69) is 10.6 Å². The second-order valence-electron chi connectivity index (χ2n) is 3.90. The Balaban J connectivity index is 2.03. The van der Waals surface area contributed by atoms with Crippen molar-refractivity contribution in [2.45, 2.75) is 6.92 Å². The van der Waals surface area contributed by atoms with Gasteiger partial charge < -0.3 is 10.6 Å². The van der Waals surface area contributed by atoms with Gasteiger partial charge in [0.05, 0.1) is 0 Å². The van der Waals surface area contributed by atoms with Crippen LogP contribution in [0.4, 0.5) is 15.8 Å². The van der Waals surface area contributed by atoms with Crippen LogP contribution < -0.4 is 10.6 Å². The lowest BCUT2D eigenvalue weighted by atomic mass is 10.2. The summed E-state index contributed by atoms with van der Waals surface area (Å²) in [4.78, 5) is 0. The smallest absolute Gasteiger partial charge is 0.175 e. The summed E-state index contributed by atoms with van der Waals surface area (Å²) in [6.45, 7) is 1.83. The van der Waals surface area contributed by atoms with Gasteiger partial charge in [0.15, 0.2) is 5.11 Å². The minimum atomic E-state index is -0.250. The van der Waals surface area contributed by atoms with Crippen LogP contribution in [0.5, 0.6) is 0 Å². The van der Waals surface area contributed by atoms with Gasteiger partial charge in [-0.25, -0.2) is 4.39 Å². The normalized spacial score (nSPS) is 9.89. The second kappa shape index (κ2) is 5.60. The SMILES string of the molecule is Cc1cc(F)ccc1NC(=S)Nc1ccccc1. The highest BCUT2D eigenvalue weighted by Crippen LogP contribution is 2.16. The Hall–Kier alpha value is -1.94. The zero-order chi connectivity index (χ0) is 13.0. The Morgan fingerprint density at radius 2 is 1.78 bits per heavy atom. The number of thiocarbonyl (C=S) groups is 1. The van der Waals surface area contributed by atoms with Gasteiger partial charge in [-0.05, 0) is 55.0 Å². The van der Waals surface area contributed by atoms with E-state index in [1.807, 2.05) is 37.3 Å². The first-order chi connectivity index (χ1) is 8.65. The van der Waals surface area contributed by atoms with E-state index < -0.39 is 0 Å². The number of halogens is 1. The Bertz CT molecular complexity index is 555. The number of hydrogen-bond acceptors (Lipinski definition) is 1. The molecule has 2 aromatic carbocycles. The van der Waals surface area contributed by atoms with Crippen molar-refractivity contribution < 1.29 is 4.39 Å². The summed E-state index contributed by atoms with van der Waals surface area (Å²) in [6.07, 6.45) is 0. The van der Waals surface area contributed by atoms with Crippen LogP contribution in [-0.2, 0) is 0 Å². The molecule has 2 nitrogen and oxygen atoms in total. The maximum absolute atomic E-state index is 13.0. The zero-order valence-corrected chi connectivity index (χ0v) is 10.7. The molecular weight excluding hydrogens is 247 g/mol. The largest absolute Gasteiger partial charge is 0.332 e. The number of anilines is 2. The molecule has 0 bridgehead atoms. The van der Waals surface area contributed by atoms with Crippen molar-refractivity contribution in [3.8, 4) is 0 Å². The molecule has 0 amide bonds. The number of para-hydroxylation sites is 1. The van der Waals surface area contributed by atoms with Crippen molar-refractivity contribution in [2.75, 3.05) is 10.6 Å². The average molecular weight is 260 g/mol. The van der Waals surface area contributed by atoms with Crippen molar-refractivity contribution in [3.63, 3.8) is 0 Å². The second-order valence-corrected chi connectivity index (χ2v) is 4.31. The summed E-state index contributed by atoms with van der Waals surface area (Å²) in [6, 6.07) is 14.2. The molecule has 4 heteroatoms. The van der Waals surface area contributed by atoms with Crippen LogP contribution in [0, 0.1) is 12.7 Å². The first kappa shape index (κ1) is 12.5. The number of aryl methyl sites for hydroxylation is 1. The van der Waals surface area contributed by atoms with Gasteiger partial charge in [0.1, 0.15) is 5.82 Å². The van der Waals surface area contributed by atoms with Gasteiger partial charge >= 0.3 is 0 Å². The molecule has 0 spiro atoms. The average Bonchev–Trinajstić information content (AvgIpc) is 2.34. The van der Waals surface area contributed by atoms with Crippen LogP contribution in [-0.4, -0.2) is 5.11 Å². The lowest BCUT2D eigenvalue weighted by molar-refractivity contribution is 0.627. The van der Waals surface area contributed by atoms with Crippen LogP contribution in [0.25, 0.3) is 0 Å². The third kappa shape index (κ3) is 3.28. The molecule has 0 aromatic heterocycles. The van der Waals surface area contributed by atoms with E-state index in [0.717, 1.165) is 16.9 Å². The monoisotopic (exact) mass is 260 g/mol. The molecule has 2 aromatic rings. The van der Waals surface area contributed by atoms with E-state index >= 15 is 0 Å². The minimum absolute atomic E-state index is 0.250. The summed E-state index contributed by atoms with van der Waals surface area (Å²) >= 11 is 5.19. The van der Waals surface area contributed by atoms with E-state index in [4.69, 9.17) is 12.2 Å². The summed E-state index contributed by atoms with van der Waals surface area (Å²) in [7, 11) is 0. The molecule has 0 aliphatic rings. The van der Waals surface area contributed by atoms with Gasteiger partial charge in [0.25, 0.3) is 0 Å². The van der Waals surface area contributed by atoms with Gasteiger partial charge in [-0.2, -0.15) is 0 Å². The summed E-state index contributed by atoms with van der Waals surface area (Å²) < 4.78 is 13.0. The number of benzene rings is 2. The lowest BCUT2D eigenvalue weighted by Crippen LogP contribution is -2.19. The van der Waals surface area contributed by atoms with E-state index in [1.165, 1.54) is 12.1 Å². The Kier molecular flexibility index (Phi) is 3.89. The molecule has 0 fully saturated rings. The minimum Gasteiger partial charge on any atom is -0.332 e. The fraction of sp³-hybridized carbons (Fsp3) is 0.0714. The third-order valence-corrected chi connectivity index (χ3v) is 2.67. The number of rotatable bonds is 2. The Labute approximate surface area is 111 Å². The molecule has 0 radical (unpaired) electrons. The van der Waals surface area contributed by atoms with Crippen LogP contribution in [0.1, 0.15) is 5.56 Å². The molecule has 0 aliphatic heterocycles. The van der Waals surface area contributed by atoms with E-state index in [0.29, 0.717) is 5.11 Å². The molecule has 92 valence electrons. The Morgan fingerprint density at radius 1 is 1.06 bits per heavy atom. The maximum atomic E-state index is 13.0. The number of hydrogen-bond donors (Lipinski definition) is 2. The quantitative estimate of drug-likeness (QED) is 0.800. The first-order valence-corrected chi connectivity index (χ1v) is 5.95. The van der Waals surface area contributed by atoms with Crippen LogP contribution in [0.2, 0.25) is 0 Å². The highest BCUT2D eigenvalue weighted by molar-refractivity contribution is 7.80. The predicted octanol–water partition coefficient (Wildman–Crippen LogP) is 3.94. The summed E-state index contributed by atoms with van der Waals surface area (Å²) in [5.41, 5.74) is 2.52. The lowest BCUT2D eigenvalue weighted by Gasteiger charge is -2.12. The third-order valence-electron chi connectivity index (χ3n) is 2.47. The molecule has 2 rings (SSSR count). The fourth-order valence-electron chi connectivity index (χ4n) is 1.57. The number of nitrogens with one attached hydrogen (secondary N) is 2. The molecule has 0 saturated heterocycles. The molecule has 2 N–H and O–H groups in total. The van der Waals surface area contributed by atoms with Crippen molar-refractivity contribution in [2.24, 2.45) is 0 Å². The van der Waals surface area contributed by atoms with Crippen molar-refractivity contribution in [1.82, 2.24) is 0 Å². The van der Waals surface area contributed by atoms with E-state index in [9.17, 15) is 4.39 Å². The van der Waals surface area contributed by atoms with Crippen LogP contribution in [0.15, 0.2) is 48.5 Å². The molecular formula is C14H13FN2S. The van der Waals surface area contributed by atoms with Crippen molar-refractivity contribution in [3.05, 3.63) is 59.9 Å². The van der Waals surface area contributed by atoms with Gasteiger partial charge in [-0.3, -0.25) is 0 Å². The maximum Gasteiger partial charge on any atom is 0.175 e. The fourth-order valence-corrected chi connectivity index (χ4v) is 1.80. The van der Waals surface area contributed by atoms with Gasteiger partial charge in [-0.15, -0.1) is 0 Å². The molecule has 18 heavy (non-hydrogen) atoms. The van der Waals surface area contributed by atoms with Gasteiger partial charge in [0.2, 0.25) is 0 Å². The topological polar surface area (TPSA) is 24.1 Å². The highest BCUT2D eigenvalue weighted by atomic mass is 32.1. The summed E-state index contributed by atoms with van der Waals surface area (Å²) in [5, 5.41) is 6.58. The van der Waals surface area contributed by atoms with Gasteiger partial charge in [0, 0.05) is 11.4 Å². The molecule has 0 heterocycles. The Morgan fingerprint density at radius 3 is 2.44 bits per heavy atom. The van der Waals surface area contributed by atoms with Crippen molar-refractivity contribution in [1.29, 1.82) is 0 Å². The molecule has 0 aliphatic carbocycles. The van der Waals surface area contributed by atoms with Crippen molar-refractivity contribution >= 4 is 28.7 Å². The molecule has 0 unspecified atom stereocenters. The van der Waals surface area contributed by atoms with E-state index in [1.54, 1.807) is 6.07 Å². The first-order valence-electron chi connectivity index (χ1n) is 5.54. The molecule has 0 saturated carbocycles. The predicted molar refractivity (Wildman–Crippen MR) is 77.4 cm³/mol. The standard InChI is InChI=1S/C14H13FN2S/c1-10-9-11(15)7-8-13(10)17-14(18)16-12-5-3-2-4-6-12/h2-9H,1H3,(H2,16,17,18). The van der Waals surface area contributed by atoms with Gasteiger partial charge in [-0.1, -0.05) is 18.2 Å². The highest BCUT2D eigenvalue weighted by Gasteiger charge is 2.02. The summed E-state index contributed by atoms with van der Waals surface area (Å²) in [5.74, 6) is -0.250.